The van der Waals surface area contributed by atoms with E-state index < -0.39 is 0 Å². The Kier molecular flexibility index (Phi) is 8.13. The number of ether oxygens (including phenoxy) is 2. The van der Waals surface area contributed by atoms with Gasteiger partial charge in [0.1, 0.15) is 13.2 Å². The second-order valence-electron chi connectivity index (χ2n) is 6.93. The van der Waals surface area contributed by atoms with Crippen molar-refractivity contribution in [3.05, 3.63) is 46.2 Å². The molecule has 1 aromatic carbocycles. The average Bonchev–Trinajstić information content (AvgIpc) is 3.17. The lowest BCUT2D eigenvalue weighted by Gasteiger charge is -2.25. The molecule has 2 aromatic rings. The fourth-order valence-electron chi connectivity index (χ4n) is 2.93. The van der Waals surface area contributed by atoms with Crippen molar-refractivity contribution in [2.45, 2.75) is 52.9 Å². The highest BCUT2D eigenvalue weighted by Gasteiger charge is 2.24. The van der Waals surface area contributed by atoms with Crippen molar-refractivity contribution in [3.8, 4) is 11.5 Å². The summed E-state index contributed by atoms with van der Waals surface area (Å²) < 4.78 is 11.4. The molecule has 6 heteroatoms. The molecule has 5 nitrogen and oxygen atoms in total. The van der Waals surface area contributed by atoms with Crippen LogP contribution in [0.3, 0.4) is 0 Å². The van der Waals surface area contributed by atoms with E-state index in [-0.39, 0.29) is 18.0 Å². The van der Waals surface area contributed by atoms with Crippen molar-refractivity contribution >= 4 is 17.2 Å². The van der Waals surface area contributed by atoms with Crippen LogP contribution in [0.15, 0.2) is 35.7 Å². The second-order valence-corrected chi connectivity index (χ2v) is 7.96. The SMILES string of the molecule is CC[NH+](Cc1ccc(OCc2cccs2)c(OC)c1)[C@H](C)C(=O)NC(C)C. The van der Waals surface area contributed by atoms with Crippen LogP contribution in [0.1, 0.15) is 38.1 Å². The molecule has 1 amide bonds. The molecular weight excluding hydrogens is 360 g/mol. The van der Waals surface area contributed by atoms with Gasteiger partial charge in [-0.05, 0) is 57.3 Å². The molecule has 0 aliphatic carbocycles. The third-order valence-electron chi connectivity index (χ3n) is 4.50. The van der Waals surface area contributed by atoms with Crippen molar-refractivity contribution in [2.75, 3.05) is 13.7 Å². The lowest BCUT2D eigenvalue weighted by Crippen LogP contribution is -3.15. The summed E-state index contributed by atoms with van der Waals surface area (Å²) >= 11 is 1.67. The van der Waals surface area contributed by atoms with E-state index in [2.05, 4.69) is 24.4 Å². The third-order valence-corrected chi connectivity index (χ3v) is 5.35. The summed E-state index contributed by atoms with van der Waals surface area (Å²) in [5.74, 6) is 1.54. The van der Waals surface area contributed by atoms with Gasteiger partial charge in [0.15, 0.2) is 17.5 Å². The minimum absolute atomic E-state index is 0.0877. The monoisotopic (exact) mass is 391 g/mol. The second kappa shape index (κ2) is 10.3. The Labute approximate surface area is 166 Å². The Morgan fingerprint density at radius 2 is 2.00 bits per heavy atom. The Bertz CT molecular complexity index is 716. The predicted octanol–water partition coefficient (Wildman–Crippen LogP) is 2.65. The molecule has 0 spiro atoms. The highest BCUT2D eigenvalue weighted by atomic mass is 32.1. The van der Waals surface area contributed by atoms with Crippen LogP contribution >= 0.6 is 11.3 Å². The van der Waals surface area contributed by atoms with Gasteiger partial charge < -0.3 is 19.7 Å². The molecular formula is C21H31N2O3S+. The normalized spacial score (nSPS) is 13.3. The molecule has 0 aliphatic rings. The van der Waals surface area contributed by atoms with Crippen LogP contribution < -0.4 is 19.7 Å². The number of methoxy groups -OCH3 is 1. The van der Waals surface area contributed by atoms with Crippen LogP contribution in [0.2, 0.25) is 0 Å². The zero-order chi connectivity index (χ0) is 19.8. The van der Waals surface area contributed by atoms with E-state index in [0.717, 1.165) is 30.2 Å². The number of amides is 1. The van der Waals surface area contributed by atoms with E-state index in [1.807, 2.05) is 44.4 Å². The molecule has 0 bridgehead atoms. The number of thiophene rings is 1. The van der Waals surface area contributed by atoms with Crippen molar-refractivity contribution in [3.63, 3.8) is 0 Å². The topological polar surface area (TPSA) is 52.0 Å². The standard InChI is InChI=1S/C21H30N2O3S/c1-6-23(16(4)21(24)22-15(2)3)13-17-9-10-19(20(12-17)25-5)26-14-18-8-7-11-27-18/h7-12,15-16H,6,13-14H2,1-5H3,(H,22,24)/p+1/t16-/m1/s1. The van der Waals surface area contributed by atoms with Gasteiger partial charge in [-0.2, -0.15) is 0 Å². The molecule has 0 radical (unpaired) electrons. The van der Waals surface area contributed by atoms with Gasteiger partial charge in [0.2, 0.25) is 0 Å². The van der Waals surface area contributed by atoms with Gasteiger partial charge in [0.05, 0.1) is 13.7 Å². The van der Waals surface area contributed by atoms with E-state index in [1.165, 1.54) is 9.78 Å². The van der Waals surface area contributed by atoms with Gasteiger partial charge in [-0.3, -0.25) is 4.79 Å². The molecule has 1 aromatic heterocycles. The third kappa shape index (κ3) is 6.26. The molecule has 0 saturated heterocycles. The van der Waals surface area contributed by atoms with E-state index in [0.29, 0.717) is 6.61 Å². The number of rotatable bonds is 10. The largest absolute Gasteiger partial charge is 0.493 e. The summed E-state index contributed by atoms with van der Waals surface area (Å²) in [6.07, 6.45) is 0. The molecule has 2 atom stereocenters. The Morgan fingerprint density at radius 1 is 1.22 bits per heavy atom. The molecule has 2 rings (SSSR count). The minimum atomic E-state index is -0.113. The number of carbonyl (C=O) groups excluding carboxylic acids is 1. The fourth-order valence-corrected chi connectivity index (χ4v) is 3.54. The number of nitrogens with one attached hydrogen (secondary N) is 2. The lowest BCUT2D eigenvalue weighted by atomic mass is 10.1. The molecule has 0 aliphatic heterocycles. The molecule has 2 N–H and O–H groups in total. The van der Waals surface area contributed by atoms with Crippen molar-refractivity contribution < 1.29 is 19.2 Å². The van der Waals surface area contributed by atoms with Crippen LogP contribution in [0.5, 0.6) is 11.5 Å². The summed E-state index contributed by atoms with van der Waals surface area (Å²) in [7, 11) is 1.65. The molecule has 27 heavy (non-hydrogen) atoms. The number of hydrogen-bond acceptors (Lipinski definition) is 4. The van der Waals surface area contributed by atoms with Gasteiger partial charge in [0.25, 0.3) is 5.91 Å². The average molecular weight is 392 g/mol. The first-order valence-corrected chi connectivity index (χ1v) is 10.3. The van der Waals surface area contributed by atoms with E-state index >= 15 is 0 Å². The predicted molar refractivity (Wildman–Crippen MR) is 110 cm³/mol. The van der Waals surface area contributed by atoms with Crippen LogP contribution in [0, 0.1) is 0 Å². The van der Waals surface area contributed by atoms with Crippen LogP contribution in [-0.4, -0.2) is 31.6 Å². The van der Waals surface area contributed by atoms with Crippen molar-refractivity contribution in [2.24, 2.45) is 0 Å². The maximum Gasteiger partial charge on any atom is 0.278 e. The summed E-state index contributed by atoms with van der Waals surface area (Å²) in [5.41, 5.74) is 1.12. The van der Waals surface area contributed by atoms with Crippen molar-refractivity contribution in [1.82, 2.24) is 5.32 Å². The molecule has 1 unspecified atom stereocenters. The Hall–Kier alpha value is -2.05. The highest BCUT2D eigenvalue weighted by molar-refractivity contribution is 7.09. The van der Waals surface area contributed by atoms with E-state index in [9.17, 15) is 4.79 Å². The number of likely N-dealkylation sites (N-methyl/N-ethyl adjacent to an activating group) is 1. The van der Waals surface area contributed by atoms with Gasteiger partial charge in [-0.25, -0.2) is 0 Å². The van der Waals surface area contributed by atoms with Crippen LogP contribution in [0.25, 0.3) is 0 Å². The van der Waals surface area contributed by atoms with Crippen molar-refractivity contribution in [1.29, 1.82) is 0 Å². The number of hydrogen-bond donors (Lipinski definition) is 2. The summed E-state index contributed by atoms with van der Waals surface area (Å²) in [5, 5.41) is 5.04. The van der Waals surface area contributed by atoms with E-state index in [1.54, 1.807) is 18.4 Å². The summed E-state index contributed by atoms with van der Waals surface area (Å²) in [4.78, 5) is 14.7. The fraction of sp³-hybridized carbons (Fsp3) is 0.476. The van der Waals surface area contributed by atoms with Gasteiger partial charge in [0, 0.05) is 16.5 Å². The molecule has 0 fully saturated rings. The molecule has 0 saturated carbocycles. The Balaban J connectivity index is 2.05. The first kappa shape index (κ1) is 21.3. The number of benzene rings is 1. The summed E-state index contributed by atoms with van der Waals surface area (Å²) in [6.45, 7) is 10.2. The Morgan fingerprint density at radius 3 is 2.59 bits per heavy atom. The van der Waals surface area contributed by atoms with Crippen LogP contribution in [-0.2, 0) is 17.9 Å². The minimum Gasteiger partial charge on any atom is -0.493 e. The zero-order valence-electron chi connectivity index (χ0n) is 16.9. The highest BCUT2D eigenvalue weighted by Crippen LogP contribution is 2.29. The van der Waals surface area contributed by atoms with E-state index in [4.69, 9.17) is 9.47 Å². The summed E-state index contributed by atoms with van der Waals surface area (Å²) in [6, 6.07) is 10.1. The smallest absolute Gasteiger partial charge is 0.278 e. The zero-order valence-corrected chi connectivity index (χ0v) is 17.7. The first-order chi connectivity index (χ1) is 12.9. The number of quaternary nitrogens is 1. The maximum absolute atomic E-state index is 12.3. The van der Waals surface area contributed by atoms with Crippen LogP contribution in [0.4, 0.5) is 0 Å². The van der Waals surface area contributed by atoms with Gasteiger partial charge >= 0.3 is 0 Å². The molecule has 148 valence electrons. The quantitative estimate of drug-likeness (QED) is 0.655. The first-order valence-electron chi connectivity index (χ1n) is 9.41. The molecule has 1 heterocycles. The maximum atomic E-state index is 12.3. The number of carbonyl (C=O) groups is 1. The lowest BCUT2D eigenvalue weighted by molar-refractivity contribution is -0.926. The van der Waals surface area contributed by atoms with Gasteiger partial charge in [-0.1, -0.05) is 6.07 Å². The van der Waals surface area contributed by atoms with Gasteiger partial charge in [-0.15, -0.1) is 11.3 Å².